The molecule has 0 aromatic rings. The second-order valence-corrected chi connectivity index (χ2v) is 15.7. The lowest BCUT2D eigenvalue weighted by molar-refractivity contribution is 0.863. The molecule has 17 heavy (non-hydrogen) atoms. The summed E-state index contributed by atoms with van der Waals surface area (Å²) in [5.74, 6) is 0. The van der Waals surface area contributed by atoms with Gasteiger partial charge in [0.2, 0.25) is 0 Å². The Labute approximate surface area is 115 Å². The second-order valence-electron chi connectivity index (χ2n) is 6.40. The summed E-state index contributed by atoms with van der Waals surface area (Å²) < 4.78 is 0. The molecule has 0 bridgehead atoms. The molecule has 0 rings (SSSR count). The van der Waals surface area contributed by atoms with Crippen LogP contribution in [-0.4, -0.2) is 17.6 Å². The van der Waals surface area contributed by atoms with Gasteiger partial charge in [-0.15, -0.1) is 0 Å². The molecule has 0 aromatic heterocycles. The average Bonchev–Trinajstić information content (AvgIpc) is 2.19. The normalized spacial score (nSPS) is 11.6. The molecule has 0 aliphatic carbocycles. The van der Waals surface area contributed by atoms with E-state index in [1.54, 1.807) is 0 Å². The summed E-state index contributed by atoms with van der Waals surface area (Å²) in [6.07, 6.45) is 0. The molecule has 0 saturated carbocycles. The van der Waals surface area contributed by atoms with E-state index in [1.807, 2.05) is 0 Å². The quantitative estimate of drug-likeness (QED) is 0.544. The van der Waals surface area contributed by atoms with Gasteiger partial charge in [0.15, 0.2) is 0 Å². The van der Waals surface area contributed by atoms with Gasteiger partial charge in [0, 0.05) is 17.6 Å². The van der Waals surface area contributed by atoms with E-state index in [4.69, 9.17) is 0 Å². The Morgan fingerprint density at radius 1 is 0.588 bits per heavy atom. The summed E-state index contributed by atoms with van der Waals surface area (Å²) in [7, 11) is -0.625. The van der Waals surface area contributed by atoms with Crippen LogP contribution in [0.2, 0.25) is 34.8 Å². The van der Waals surface area contributed by atoms with E-state index in [0.717, 1.165) is 16.6 Å². The van der Waals surface area contributed by atoms with Crippen molar-refractivity contribution in [2.24, 2.45) is 0 Å². The van der Waals surface area contributed by atoms with Gasteiger partial charge in [0.05, 0.1) is 0 Å². The van der Waals surface area contributed by atoms with Crippen LogP contribution < -0.4 is 0 Å². The first-order valence-corrected chi connectivity index (χ1v) is 12.3. The first-order valence-electron chi connectivity index (χ1n) is 7.81. The van der Waals surface area contributed by atoms with Gasteiger partial charge in [-0.1, -0.05) is 97.1 Å². The molecule has 0 unspecified atom stereocenters. The Morgan fingerprint density at radius 2 is 0.824 bits per heavy atom. The van der Waals surface area contributed by atoms with Crippen molar-refractivity contribution in [1.82, 2.24) is 0 Å². The molecule has 0 spiro atoms. The van der Waals surface area contributed by atoms with Gasteiger partial charge in [0.25, 0.3) is 0 Å². The van der Waals surface area contributed by atoms with Gasteiger partial charge in [-0.25, -0.2) is 0 Å². The summed E-state index contributed by atoms with van der Waals surface area (Å²) in [6.45, 7) is 21.3. The molecule has 0 fully saturated rings. The minimum atomic E-state index is -0.454. The van der Waals surface area contributed by atoms with Crippen molar-refractivity contribution in [1.29, 1.82) is 0 Å². The lowest BCUT2D eigenvalue weighted by Crippen LogP contribution is -2.24. The summed E-state index contributed by atoms with van der Waals surface area (Å²) in [6, 6.07) is 4.48. The van der Waals surface area contributed by atoms with Crippen molar-refractivity contribution in [3.05, 3.63) is 0 Å². The Bertz CT molecular complexity index is 124. The highest BCUT2D eigenvalue weighted by Crippen LogP contribution is 2.28. The van der Waals surface area contributed by atoms with Crippen molar-refractivity contribution >= 4 is 17.6 Å². The molecule has 0 N–H and O–H groups in total. The largest absolute Gasteiger partial charge is 0.0680 e. The van der Waals surface area contributed by atoms with Crippen LogP contribution in [0, 0.1) is 0 Å². The molecular formula is C15H38Si2. The monoisotopic (exact) mass is 274 g/mol. The second kappa shape index (κ2) is 11.5. The molecule has 0 aliphatic heterocycles. The summed E-state index contributed by atoms with van der Waals surface area (Å²) in [5, 5.41) is 0. The predicted molar refractivity (Wildman–Crippen MR) is 91.0 cm³/mol. The van der Waals surface area contributed by atoms with Crippen molar-refractivity contribution in [2.75, 3.05) is 0 Å². The maximum Gasteiger partial charge on any atom is 0.0445 e. The van der Waals surface area contributed by atoms with E-state index in [0.29, 0.717) is 0 Å². The van der Waals surface area contributed by atoms with Crippen LogP contribution in [0.15, 0.2) is 0 Å². The number of rotatable bonds is 6. The SMILES string of the molecule is CC(C)[SiH](C(C)C)C(C)C.CC[SiH](CC)CC. The Kier molecular flexibility index (Phi) is 13.4. The lowest BCUT2D eigenvalue weighted by Gasteiger charge is -2.26. The highest BCUT2D eigenvalue weighted by Gasteiger charge is 2.22. The van der Waals surface area contributed by atoms with Crippen molar-refractivity contribution in [3.63, 3.8) is 0 Å². The predicted octanol–water partition coefficient (Wildman–Crippen LogP) is 5.72. The number of hydrogen-bond acceptors (Lipinski definition) is 0. The summed E-state index contributed by atoms with van der Waals surface area (Å²) >= 11 is 0. The molecule has 0 aromatic carbocycles. The zero-order valence-electron chi connectivity index (χ0n) is 14.0. The van der Waals surface area contributed by atoms with Crippen molar-refractivity contribution in [3.8, 4) is 0 Å². The highest BCUT2D eigenvalue weighted by molar-refractivity contribution is 6.63. The Morgan fingerprint density at radius 3 is 0.824 bits per heavy atom. The molecule has 0 atom stereocenters. The van der Waals surface area contributed by atoms with Crippen molar-refractivity contribution < 1.29 is 0 Å². The van der Waals surface area contributed by atoms with Crippen LogP contribution in [0.25, 0.3) is 0 Å². The third-order valence-corrected chi connectivity index (χ3v) is 12.1. The van der Waals surface area contributed by atoms with Gasteiger partial charge in [-0.05, 0) is 0 Å². The first kappa shape index (κ1) is 19.8. The minimum absolute atomic E-state index is 0.171. The van der Waals surface area contributed by atoms with Crippen LogP contribution in [0.5, 0.6) is 0 Å². The fourth-order valence-electron chi connectivity index (χ4n) is 3.18. The summed E-state index contributed by atoms with van der Waals surface area (Å²) in [5.41, 5.74) is 2.92. The summed E-state index contributed by atoms with van der Waals surface area (Å²) in [4.78, 5) is 0. The smallest absolute Gasteiger partial charge is 0.0445 e. The van der Waals surface area contributed by atoms with Gasteiger partial charge in [-0.2, -0.15) is 0 Å². The maximum atomic E-state index is 2.39. The first-order chi connectivity index (χ1) is 7.81. The van der Waals surface area contributed by atoms with E-state index >= 15 is 0 Å². The molecule has 106 valence electrons. The zero-order valence-corrected chi connectivity index (χ0v) is 16.3. The number of hydrogen-bond donors (Lipinski definition) is 0. The fraction of sp³-hybridized carbons (Fsp3) is 1.00. The average molecular weight is 275 g/mol. The molecule has 0 amide bonds. The van der Waals surface area contributed by atoms with Crippen LogP contribution in [0.1, 0.15) is 62.3 Å². The molecule has 2 heteroatoms. The van der Waals surface area contributed by atoms with Crippen LogP contribution in [0.4, 0.5) is 0 Å². The molecule has 0 heterocycles. The lowest BCUT2D eigenvalue weighted by atomic mass is 10.5. The maximum absolute atomic E-state index is 2.39. The molecule has 0 nitrogen and oxygen atoms in total. The molecule has 0 radical (unpaired) electrons. The fourth-order valence-corrected chi connectivity index (χ4v) is 9.53. The van der Waals surface area contributed by atoms with E-state index in [2.05, 4.69) is 62.3 Å². The highest BCUT2D eigenvalue weighted by atomic mass is 28.3. The third kappa shape index (κ3) is 10.1. The van der Waals surface area contributed by atoms with Gasteiger partial charge >= 0.3 is 0 Å². The van der Waals surface area contributed by atoms with E-state index in [-0.39, 0.29) is 8.80 Å². The van der Waals surface area contributed by atoms with Gasteiger partial charge < -0.3 is 0 Å². The van der Waals surface area contributed by atoms with Crippen LogP contribution in [-0.2, 0) is 0 Å². The van der Waals surface area contributed by atoms with Gasteiger partial charge in [0.1, 0.15) is 0 Å². The van der Waals surface area contributed by atoms with E-state index < -0.39 is 8.80 Å². The van der Waals surface area contributed by atoms with E-state index in [1.165, 1.54) is 18.1 Å². The van der Waals surface area contributed by atoms with E-state index in [9.17, 15) is 0 Å². The molecule has 0 aliphatic rings. The minimum Gasteiger partial charge on any atom is -0.0680 e. The Balaban J connectivity index is 0. The standard InChI is InChI=1S/C9H22Si.C6H16Si/c1-7(2)10(8(3)4)9(5)6;1-4-7(5-2)6-3/h7-10H,1-6H3;7H,4-6H2,1-3H3. The third-order valence-electron chi connectivity index (χ3n) is 4.04. The van der Waals surface area contributed by atoms with Crippen LogP contribution >= 0.6 is 0 Å². The van der Waals surface area contributed by atoms with Gasteiger partial charge in [-0.3, -0.25) is 0 Å². The topological polar surface area (TPSA) is 0 Å². The molecule has 0 saturated heterocycles. The van der Waals surface area contributed by atoms with Crippen LogP contribution in [0.3, 0.4) is 0 Å². The van der Waals surface area contributed by atoms with Crippen molar-refractivity contribution in [2.45, 2.75) is 97.1 Å². The molecular weight excluding hydrogens is 236 g/mol. The Hall–Kier alpha value is 0.434. The zero-order chi connectivity index (χ0) is 14.0.